The van der Waals surface area contributed by atoms with Crippen molar-refractivity contribution in [3.8, 4) is 0 Å². The molecule has 3 N–H and O–H groups in total. The molecule has 1 aliphatic rings. The van der Waals surface area contributed by atoms with Crippen LogP contribution in [0, 0.1) is 11.6 Å². The van der Waals surface area contributed by atoms with Crippen LogP contribution in [0.15, 0.2) is 24.3 Å². The first kappa shape index (κ1) is 14.6. The van der Waals surface area contributed by atoms with Crippen LogP contribution >= 0.6 is 11.3 Å². The summed E-state index contributed by atoms with van der Waals surface area (Å²) >= 11 is 1.74. The maximum Gasteiger partial charge on any atom is 0.126 e. The van der Waals surface area contributed by atoms with Crippen molar-refractivity contribution in [3.05, 3.63) is 56.8 Å². The Labute approximate surface area is 127 Å². The highest BCUT2D eigenvalue weighted by molar-refractivity contribution is 7.12. The van der Waals surface area contributed by atoms with Gasteiger partial charge in [0.15, 0.2) is 0 Å². The summed E-state index contributed by atoms with van der Waals surface area (Å²) in [6, 6.07) is 5.52. The lowest BCUT2D eigenvalue weighted by molar-refractivity contribution is 0.528. The Balaban J connectivity index is 1.84. The van der Waals surface area contributed by atoms with Gasteiger partial charge in [-0.3, -0.25) is 11.3 Å². The third-order valence-corrected chi connectivity index (χ3v) is 5.34. The van der Waals surface area contributed by atoms with Crippen molar-refractivity contribution >= 4 is 11.3 Å². The number of rotatable bonds is 4. The Bertz CT molecular complexity index is 616. The standard InChI is InChI=1S/C16H18F2N2S/c17-12-5-6-13(18)11(7-12)8-14(20-19)16-9-10-3-1-2-4-15(10)21-16/h5-7,9,14,20H,1-4,8,19H2. The van der Waals surface area contributed by atoms with Crippen molar-refractivity contribution in [1.82, 2.24) is 5.43 Å². The molecule has 0 spiro atoms. The van der Waals surface area contributed by atoms with E-state index in [1.54, 1.807) is 11.3 Å². The Morgan fingerprint density at radius 3 is 2.76 bits per heavy atom. The summed E-state index contributed by atoms with van der Waals surface area (Å²) in [6.07, 6.45) is 5.02. The second kappa shape index (κ2) is 6.22. The smallest absolute Gasteiger partial charge is 0.126 e. The maximum atomic E-state index is 13.8. The van der Waals surface area contributed by atoms with Gasteiger partial charge < -0.3 is 0 Å². The molecule has 0 radical (unpaired) electrons. The molecule has 1 unspecified atom stereocenters. The summed E-state index contributed by atoms with van der Waals surface area (Å²) in [5.41, 5.74) is 4.49. The number of thiophene rings is 1. The van der Waals surface area contributed by atoms with E-state index < -0.39 is 11.6 Å². The van der Waals surface area contributed by atoms with Crippen LogP contribution in [0.3, 0.4) is 0 Å². The zero-order valence-electron chi connectivity index (χ0n) is 11.7. The van der Waals surface area contributed by atoms with Crippen molar-refractivity contribution in [3.63, 3.8) is 0 Å². The molecule has 1 aromatic heterocycles. The van der Waals surface area contributed by atoms with Gasteiger partial charge in [0.05, 0.1) is 6.04 Å². The summed E-state index contributed by atoms with van der Waals surface area (Å²) in [5.74, 6) is 4.82. The molecule has 112 valence electrons. The highest BCUT2D eigenvalue weighted by atomic mass is 32.1. The molecular weight excluding hydrogens is 290 g/mol. The first-order valence-electron chi connectivity index (χ1n) is 7.19. The normalized spacial score (nSPS) is 15.8. The van der Waals surface area contributed by atoms with E-state index in [2.05, 4.69) is 11.5 Å². The number of hydrazine groups is 1. The summed E-state index contributed by atoms with van der Waals surface area (Å²) in [4.78, 5) is 2.52. The van der Waals surface area contributed by atoms with E-state index in [-0.39, 0.29) is 6.04 Å². The third-order valence-electron chi connectivity index (χ3n) is 3.99. The lowest BCUT2D eigenvalue weighted by Gasteiger charge is -2.14. The minimum Gasteiger partial charge on any atom is -0.271 e. The molecule has 1 atom stereocenters. The fraction of sp³-hybridized carbons (Fsp3) is 0.375. The van der Waals surface area contributed by atoms with Crippen molar-refractivity contribution in [2.24, 2.45) is 5.84 Å². The summed E-state index contributed by atoms with van der Waals surface area (Å²) in [6.45, 7) is 0. The number of benzene rings is 1. The van der Waals surface area contributed by atoms with Gasteiger partial charge in [-0.25, -0.2) is 8.78 Å². The molecule has 0 aliphatic heterocycles. The van der Waals surface area contributed by atoms with Crippen molar-refractivity contribution in [2.45, 2.75) is 38.1 Å². The maximum absolute atomic E-state index is 13.8. The van der Waals surface area contributed by atoms with E-state index in [1.807, 2.05) is 0 Å². The predicted octanol–water partition coefficient (Wildman–Crippen LogP) is 3.65. The molecule has 5 heteroatoms. The zero-order chi connectivity index (χ0) is 14.8. The molecule has 2 aromatic rings. The number of hydrogen-bond donors (Lipinski definition) is 2. The monoisotopic (exact) mass is 308 g/mol. The van der Waals surface area contributed by atoms with Gasteiger partial charge in [0.1, 0.15) is 11.6 Å². The fourth-order valence-electron chi connectivity index (χ4n) is 2.85. The Kier molecular flexibility index (Phi) is 4.33. The molecule has 0 amide bonds. The SMILES string of the molecule is NNC(Cc1cc(F)ccc1F)c1cc2c(s1)CCCC2. The number of nitrogens with two attached hydrogens (primary N) is 1. The molecule has 0 bridgehead atoms. The van der Waals surface area contributed by atoms with Crippen LogP contribution in [-0.2, 0) is 19.3 Å². The number of aryl methyl sites for hydroxylation is 2. The highest BCUT2D eigenvalue weighted by Crippen LogP contribution is 2.34. The molecule has 21 heavy (non-hydrogen) atoms. The van der Waals surface area contributed by atoms with Gasteiger partial charge in [0, 0.05) is 9.75 Å². The highest BCUT2D eigenvalue weighted by Gasteiger charge is 2.20. The van der Waals surface area contributed by atoms with E-state index in [0.717, 1.165) is 29.9 Å². The average Bonchev–Trinajstić information content (AvgIpc) is 2.91. The quantitative estimate of drug-likeness (QED) is 0.668. The minimum atomic E-state index is -0.423. The largest absolute Gasteiger partial charge is 0.271 e. The average molecular weight is 308 g/mol. The number of nitrogens with one attached hydrogen (secondary N) is 1. The predicted molar refractivity (Wildman–Crippen MR) is 81.1 cm³/mol. The van der Waals surface area contributed by atoms with Crippen molar-refractivity contribution in [2.75, 3.05) is 0 Å². The van der Waals surface area contributed by atoms with Gasteiger partial charge in [-0.2, -0.15) is 0 Å². The summed E-state index contributed by atoms with van der Waals surface area (Å²) < 4.78 is 27.1. The van der Waals surface area contributed by atoms with E-state index >= 15 is 0 Å². The van der Waals surface area contributed by atoms with Crippen LogP contribution in [0.5, 0.6) is 0 Å². The minimum absolute atomic E-state index is 0.183. The number of halogens is 2. The zero-order valence-corrected chi connectivity index (χ0v) is 12.5. The first-order valence-corrected chi connectivity index (χ1v) is 8.00. The van der Waals surface area contributed by atoms with Gasteiger partial charge in [-0.15, -0.1) is 11.3 Å². The van der Waals surface area contributed by atoms with Crippen LogP contribution in [0.2, 0.25) is 0 Å². The topological polar surface area (TPSA) is 38.0 Å². The van der Waals surface area contributed by atoms with Gasteiger partial charge >= 0.3 is 0 Å². The summed E-state index contributed by atoms with van der Waals surface area (Å²) in [7, 11) is 0. The molecule has 1 aliphatic carbocycles. The van der Waals surface area contributed by atoms with E-state index in [9.17, 15) is 8.78 Å². The molecule has 2 nitrogen and oxygen atoms in total. The van der Waals surface area contributed by atoms with Gasteiger partial charge in [-0.05, 0) is 67.5 Å². The van der Waals surface area contributed by atoms with Crippen molar-refractivity contribution in [1.29, 1.82) is 0 Å². The number of fused-ring (bicyclic) bond motifs is 1. The van der Waals surface area contributed by atoms with Gasteiger partial charge in [0.2, 0.25) is 0 Å². The Morgan fingerprint density at radius 1 is 1.19 bits per heavy atom. The van der Waals surface area contributed by atoms with E-state index in [1.165, 1.54) is 29.3 Å². The molecule has 0 saturated heterocycles. The molecule has 3 rings (SSSR count). The molecule has 1 heterocycles. The van der Waals surface area contributed by atoms with Gasteiger partial charge in [-0.1, -0.05) is 0 Å². The second-order valence-corrected chi connectivity index (χ2v) is 6.63. The molecule has 0 fully saturated rings. The Hall–Kier alpha value is -1.30. The first-order chi connectivity index (χ1) is 10.2. The lowest BCUT2D eigenvalue weighted by atomic mass is 9.98. The van der Waals surface area contributed by atoms with Crippen LogP contribution in [-0.4, -0.2) is 0 Å². The molecular formula is C16H18F2N2S. The number of hydrogen-bond acceptors (Lipinski definition) is 3. The van der Waals surface area contributed by atoms with Crippen LogP contribution in [0.25, 0.3) is 0 Å². The van der Waals surface area contributed by atoms with Crippen LogP contribution in [0.1, 0.15) is 39.8 Å². The van der Waals surface area contributed by atoms with Crippen molar-refractivity contribution < 1.29 is 8.78 Å². The van der Waals surface area contributed by atoms with E-state index in [0.29, 0.717) is 12.0 Å². The lowest BCUT2D eigenvalue weighted by Crippen LogP contribution is -2.29. The molecule has 0 saturated carbocycles. The second-order valence-electron chi connectivity index (χ2n) is 5.46. The molecule has 1 aromatic carbocycles. The van der Waals surface area contributed by atoms with Crippen LogP contribution < -0.4 is 11.3 Å². The van der Waals surface area contributed by atoms with Crippen LogP contribution in [0.4, 0.5) is 8.78 Å². The summed E-state index contributed by atoms with van der Waals surface area (Å²) in [5, 5.41) is 0. The fourth-order valence-corrected chi connectivity index (χ4v) is 4.16. The van der Waals surface area contributed by atoms with E-state index in [4.69, 9.17) is 5.84 Å². The van der Waals surface area contributed by atoms with Gasteiger partial charge in [0.25, 0.3) is 0 Å². The Morgan fingerprint density at radius 2 is 2.00 bits per heavy atom. The third kappa shape index (κ3) is 3.15.